The smallest absolute Gasteiger partial charge is 0.254 e. The van der Waals surface area contributed by atoms with Crippen LogP contribution in [0, 0.1) is 5.39 Å². The van der Waals surface area contributed by atoms with Crippen molar-refractivity contribution < 1.29 is 0 Å². The molecule has 0 aromatic heterocycles. The molecule has 0 spiro atoms. The zero-order chi connectivity index (χ0) is 12.1. The van der Waals surface area contributed by atoms with E-state index in [1.807, 2.05) is 0 Å². The van der Waals surface area contributed by atoms with Crippen molar-refractivity contribution in [3.8, 4) is 0 Å². The Labute approximate surface area is 100 Å². The van der Waals surface area contributed by atoms with Crippen molar-refractivity contribution in [3.05, 3.63) is 4.98 Å². The van der Waals surface area contributed by atoms with Gasteiger partial charge in [0.05, 0.1) is 0 Å². The Morgan fingerprint density at radius 1 is 0.875 bits per heavy atom. The van der Waals surface area contributed by atoms with Crippen LogP contribution in [0.25, 0.3) is 4.98 Å². The van der Waals surface area contributed by atoms with Gasteiger partial charge in [-0.3, -0.25) is 5.73 Å². The lowest BCUT2D eigenvalue weighted by Crippen LogP contribution is -2.13. The van der Waals surface area contributed by atoms with E-state index in [9.17, 15) is 0 Å². The molecule has 0 saturated heterocycles. The molecule has 0 aliphatic rings. The van der Waals surface area contributed by atoms with Gasteiger partial charge in [0.1, 0.15) is 4.98 Å². The van der Waals surface area contributed by atoms with E-state index in [1.54, 1.807) is 0 Å². The van der Waals surface area contributed by atoms with Crippen molar-refractivity contribution >= 4 is 0 Å². The molecule has 0 aromatic carbocycles. The van der Waals surface area contributed by atoms with Crippen LogP contribution in [0.2, 0.25) is 0 Å². The molecule has 94 valence electrons. The van der Waals surface area contributed by atoms with E-state index in [0.717, 1.165) is 12.8 Å². The summed E-state index contributed by atoms with van der Waals surface area (Å²) >= 11 is 0. The van der Waals surface area contributed by atoms with Crippen molar-refractivity contribution in [2.24, 2.45) is 5.73 Å². The first-order valence-electron chi connectivity index (χ1n) is 6.91. The van der Waals surface area contributed by atoms with E-state index in [-0.39, 0.29) is 6.17 Å². The minimum absolute atomic E-state index is 0.367. The summed E-state index contributed by atoms with van der Waals surface area (Å²) in [6, 6.07) is 0. The predicted octanol–water partition coefficient (Wildman–Crippen LogP) is 4.44. The number of hydrogen-bond donors (Lipinski definition) is 1. The summed E-state index contributed by atoms with van der Waals surface area (Å²) in [5.41, 5.74) is 5.47. The van der Waals surface area contributed by atoms with Crippen molar-refractivity contribution in [2.75, 3.05) is 0 Å². The number of rotatable bonds is 11. The predicted molar refractivity (Wildman–Crippen MR) is 69.5 cm³/mol. The molecule has 1 unspecified atom stereocenters. The van der Waals surface area contributed by atoms with Crippen LogP contribution >= 0.6 is 0 Å². The average molecular weight is 226 g/mol. The number of nitrogens with zero attached hydrogens (tertiary/aromatic N) is 2. The molecule has 0 aliphatic heterocycles. The molecule has 0 aliphatic carbocycles. The van der Waals surface area contributed by atoms with Crippen molar-refractivity contribution in [1.82, 2.24) is 0 Å². The second-order valence-corrected chi connectivity index (χ2v) is 4.65. The van der Waals surface area contributed by atoms with Crippen LogP contribution in [0.15, 0.2) is 0 Å². The summed E-state index contributed by atoms with van der Waals surface area (Å²) in [6.07, 6.45) is 13.7. The first-order chi connectivity index (χ1) is 7.81. The highest BCUT2D eigenvalue weighted by molar-refractivity contribution is 4.67. The lowest BCUT2D eigenvalue weighted by molar-refractivity contribution is 0.540. The first-order valence-corrected chi connectivity index (χ1v) is 6.91. The molecule has 16 heavy (non-hydrogen) atoms. The average Bonchev–Trinajstić information content (AvgIpc) is 2.31. The molecule has 1 atom stereocenters. The largest absolute Gasteiger partial charge is 0.366 e. The van der Waals surface area contributed by atoms with Gasteiger partial charge in [-0.25, -0.2) is 0 Å². The summed E-state index contributed by atoms with van der Waals surface area (Å²) in [5, 5.41) is 8.38. The zero-order valence-electron chi connectivity index (χ0n) is 10.8. The Morgan fingerprint density at radius 3 is 1.75 bits per heavy atom. The van der Waals surface area contributed by atoms with E-state index in [0.29, 0.717) is 0 Å². The van der Waals surface area contributed by atoms with Crippen LogP contribution in [0.3, 0.4) is 0 Å². The Bertz CT molecular complexity index is 175. The summed E-state index contributed by atoms with van der Waals surface area (Å²) in [6.45, 7) is 2.25. The van der Waals surface area contributed by atoms with Crippen LogP contribution in [0.1, 0.15) is 77.6 Å². The third-order valence-corrected chi connectivity index (χ3v) is 3.00. The summed E-state index contributed by atoms with van der Waals surface area (Å²) in [7, 11) is 0. The van der Waals surface area contributed by atoms with Gasteiger partial charge in [-0.15, -0.1) is 0 Å². The topological polar surface area (TPSA) is 54.2 Å². The summed E-state index contributed by atoms with van der Waals surface area (Å²) in [5.74, 6) is 0. The minimum atomic E-state index is -0.367. The molecule has 0 amide bonds. The standard InChI is InChI=1S/C13H28N3/c1-2-3-4-5-6-7-8-9-10-11-12-13(14)16-15/h13H,2-12,14H2,1H3/q+1. The van der Waals surface area contributed by atoms with Crippen LogP contribution in [-0.2, 0) is 0 Å². The monoisotopic (exact) mass is 226 g/mol. The van der Waals surface area contributed by atoms with Gasteiger partial charge in [-0.05, 0) is 6.42 Å². The van der Waals surface area contributed by atoms with Crippen LogP contribution in [-0.4, -0.2) is 6.17 Å². The van der Waals surface area contributed by atoms with Crippen LogP contribution in [0.4, 0.5) is 0 Å². The van der Waals surface area contributed by atoms with E-state index < -0.39 is 0 Å². The van der Waals surface area contributed by atoms with Crippen LogP contribution < -0.4 is 5.73 Å². The maximum Gasteiger partial charge on any atom is 0.366 e. The lowest BCUT2D eigenvalue weighted by atomic mass is 10.1. The molecule has 2 N–H and O–H groups in total. The molecular weight excluding hydrogens is 198 g/mol. The van der Waals surface area contributed by atoms with E-state index in [1.165, 1.54) is 57.8 Å². The molecule has 0 bridgehead atoms. The molecule has 0 rings (SSSR count). The number of hydrogen-bond acceptors (Lipinski definition) is 2. The molecule has 0 radical (unpaired) electrons. The fraction of sp³-hybridized carbons (Fsp3) is 1.00. The van der Waals surface area contributed by atoms with Crippen molar-refractivity contribution in [1.29, 1.82) is 5.39 Å². The summed E-state index contributed by atoms with van der Waals surface area (Å²) in [4.78, 5) is 3.04. The molecule has 3 nitrogen and oxygen atoms in total. The molecular formula is C13H28N3+. The van der Waals surface area contributed by atoms with Gasteiger partial charge in [0.2, 0.25) is 5.39 Å². The van der Waals surface area contributed by atoms with Gasteiger partial charge >= 0.3 is 6.17 Å². The Balaban J connectivity index is 2.96. The maximum absolute atomic E-state index is 8.38. The maximum atomic E-state index is 8.38. The Kier molecular flexibility index (Phi) is 12.0. The third kappa shape index (κ3) is 11.5. The van der Waals surface area contributed by atoms with Gasteiger partial charge in [-0.2, -0.15) is 0 Å². The SMILES string of the molecule is CCCCCCCCCCCCC(N)[N+]#N. The molecule has 3 heteroatoms. The summed E-state index contributed by atoms with van der Waals surface area (Å²) < 4.78 is 0. The highest BCUT2D eigenvalue weighted by Gasteiger charge is 2.10. The fourth-order valence-corrected chi connectivity index (χ4v) is 1.90. The second kappa shape index (κ2) is 12.4. The second-order valence-electron chi connectivity index (χ2n) is 4.65. The van der Waals surface area contributed by atoms with Crippen molar-refractivity contribution in [2.45, 2.75) is 83.7 Å². The van der Waals surface area contributed by atoms with Gasteiger partial charge in [0.25, 0.3) is 0 Å². The van der Waals surface area contributed by atoms with E-state index >= 15 is 0 Å². The molecule has 0 fully saturated rings. The minimum Gasteiger partial charge on any atom is -0.254 e. The number of nitrogens with two attached hydrogens (primary N) is 1. The zero-order valence-corrected chi connectivity index (χ0v) is 10.8. The van der Waals surface area contributed by atoms with Gasteiger partial charge in [0, 0.05) is 6.42 Å². The number of unbranched alkanes of at least 4 members (excludes halogenated alkanes) is 9. The number of diazo groups is 1. The lowest BCUT2D eigenvalue weighted by Gasteiger charge is -2.01. The van der Waals surface area contributed by atoms with Gasteiger partial charge < -0.3 is 0 Å². The van der Waals surface area contributed by atoms with E-state index in [4.69, 9.17) is 11.1 Å². The molecule has 0 heterocycles. The highest BCUT2D eigenvalue weighted by atomic mass is 15.0. The fourth-order valence-electron chi connectivity index (χ4n) is 1.90. The normalized spacial score (nSPS) is 12.3. The van der Waals surface area contributed by atoms with Crippen molar-refractivity contribution in [3.63, 3.8) is 0 Å². The molecule has 0 aromatic rings. The Hall–Kier alpha value is -0.620. The van der Waals surface area contributed by atoms with Gasteiger partial charge in [-0.1, -0.05) is 64.7 Å². The van der Waals surface area contributed by atoms with Gasteiger partial charge in [0.15, 0.2) is 0 Å². The quantitative estimate of drug-likeness (QED) is 0.418. The first kappa shape index (κ1) is 15.4. The van der Waals surface area contributed by atoms with Crippen LogP contribution in [0.5, 0.6) is 0 Å². The Morgan fingerprint density at radius 2 is 1.31 bits per heavy atom. The van der Waals surface area contributed by atoms with E-state index in [2.05, 4.69) is 11.9 Å². The molecule has 0 saturated carbocycles. The third-order valence-electron chi connectivity index (χ3n) is 3.00. The highest BCUT2D eigenvalue weighted by Crippen LogP contribution is 2.11.